The first-order valence-electron chi connectivity index (χ1n) is 8.48. The lowest BCUT2D eigenvalue weighted by Gasteiger charge is -2.11. The number of rotatable bonds is 10. The van der Waals surface area contributed by atoms with E-state index in [-0.39, 0.29) is 11.8 Å². The van der Waals surface area contributed by atoms with E-state index >= 15 is 0 Å². The minimum absolute atomic E-state index is 0.0947. The lowest BCUT2D eigenvalue weighted by atomic mass is 10.1. The molecular weight excluding hydrogens is 348 g/mol. The van der Waals surface area contributed by atoms with Gasteiger partial charge in [-0.2, -0.15) is 11.8 Å². The van der Waals surface area contributed by atoms with Crippen molar-refractivity contribution in [2.75, 3.05) is 31.3 Å². The van der Waals surface area contributed by atoms with Gasteiger partial charge in [0.25, 0.3) is 5.91 Å². The van der Waals surface area contributed by atoms with Crippen LogP contribution in [-0.2, 0) is 15.3 Å². The first-order chi connectivity index (χ1) is 12.7. The predicted molar refractivity (Wildman–Crippen MR) is 107 cm³/mol. The summed E-state index contributed by atoms with van der Waals surface area (Å²) in [6.07, 6.45) is 0.400. The zero-order chi connectivity index (χ0) is 18.6. The van der Waals surface area contributed by atoms with Crippen molar-refractivity contribution < 1.29 is 14.3 Å². The molecule has 0 heterocycles. The molecule has 0 saturated heterocycles. The van der Waals surface area contributed by atoms with E-state index < -0.39 is 0 Å². The number of ether oxygens (including phenoxy) is 1. The molecule has 0 aliphatic rings. The van der Waals surface area contributed by atoms with E-state index in [9.17, 15) is 9.59 Å². The number of benzene rings is 2. The first-order valence-corrected chi connectivity index (χ1v) is 9.64. The second-order valence-corrected chi connectivity index (χ2v) is 6.74. The topological polar surface area (TPSA) is 67.4 Å². The molecule has 0 radical (unpaired) electrons. The lowest BCUT2D eigenvalue weighted by Crippen LogP contribution is -2.28. The van der Waals surface area contributed by atoms with Gasteiger partial charge in [-0.05, 0) is 17.7 Å². The second kappa shape index (κ2) is 11.3. The molecule has 0 aromatic heterocycles. The van der Waals surface area contributed by atoms with Crippen molar-refractivity contribution in [2.24, 2.45) is 0 Å². The smallest absolute Gasteiger partial charge is 0.253 e. The molecular formula is C20H24N2O3S. The predicted octanol–water partition coefficient (Wildman–Crippen LogP) is 3.32. The van der Waals surface area contributed by atoms with Crippen LogP contribution in [0.1, 0.15) is 22.3 Å². The summed E-state index contributed by atoms with van der Waals surface area (Å²) in [5.41, 5.74) is 2.23. The average molecular weight is 372 g/mol. The molecule has 2 amide bonds. The molecule has 0 spiro atoms. The minimum atomic E-state index is -0.226. The van der Waals surface area contributed by atoms with Crippen molar-refractivity contribution in [1.82, 2.24) is 5.32 Å². The third-order valence-electron chi connectivity index (χ3n) is 3.62. The zero-order valence-corrected chi connectivity index (χ0v) is 15.7. The number of para-hydroxylation sites is 1. The zero-order valence-electron chi connectivity index (χ0n) is 14.9. The van der Waals surface area contributed by atoms with Crippen molar-refractivity contribution in [2.45, 2.75) is 12.2 Å². The fraction of sp³-hybridized carbons (Fsp3) is 0.300. The Hall–Kier alpha value is -2.31. The fourth-order valence-corrected chi connectivity index (χ4v) is 3.20. The summed E-state index contributed by atoms with van der Waals surface area (Å²) in [5.74, 6) is 1.29. The Morgan fingerprint density at radius 3 is 2.54 bits per heavy atom. The number of amides is 2. The molecule has 2 rings (SSSR count). The number of hydrogen-bond acceptors (Lipinski definition) is 4. The van der Waals surface area contributed by atoms with Gasteiger partial charge in [-0.1, -0.05) is 42.5 Å². The molecule has 2 aromatic rings. The second-order valence-electron chi connectivity index (χ2n) is 5.63. The highest BCUT2D eigenvalue weighted by atomic mass is 32.2. The normalized spacial score (nSPS) is 10.3. The van der Waals surface area contributed by atoms with Crippen LogP contribution >= 0.6 is 11.8 Å². The van der Waals surface area contributed by atoms with Gasteiger partial charge in [0.05, 0.1) is 17.9 Å². The third kappa shape index (κ3) is 6.90. The number of nitrogens with one attached hydrogen (secondary N) is 2. The summed E-state index contributed by atoms with van der Waals surface area (Å²) < 4.78 is 4.92. The van der Waals surface area contributed by atoms with E-state index in [2.05, 4.69) is 22.8 Å². The van der Waals surface area contributed by atoms with Gasteiger partial charge in [-0.25, -0.2) is 0 Å². The van der Waals surface area contributed by atoms with Crippen molar-refractivity contribution in [3.05, 3.63) is 65.7 Å². The molecule has 0 aliphatic carbocycles. The van der Waals surface area contributed by atoms with E-state index in [0.29, 0.717) is 30.8 Å². The Labute approximate surface area is 158 Å². The molecule has 0 unspecified atom stereocenters. The van der Waals surface area contributed by atoms with Crippen LogP contribution in [0.15, 0.2) is 54.6 Å². The molecule has 0 fully saturated rings. The molecule has 138 valence electrons. The van der Waals surface area contributed by atoms with Crippen LogP contribution in [0.25, 0.3) is 0 Å². The Kier molecular flexibility index (Phi) is 8.72. The largest absolute Gasteiger partial charge is 0.383 e. The molecule has 2 aromatic carbocycles. The maximum atomic E-state index is 12.2. The van der Waals surface area contributed by atoms with Crippen LogP contribution in [0.3, 0.4) is 0 Å². The summed E-state index contributed by atoms with van der Waals surface area (Å²) in [5, 5.41) is 5.60. The van der Waals surface area contributed by atoms with E-state index in [4.69, 9.17) is 4.74 Å². The van der Waals surface area contributed by atoms with Crippen molar-refractivity contribution >= 4 is 29.3 Å². The van der Waals surface area contributed by atoms with Crippen LogP contribution in [0.5, 0.6) is 0 Å². The highest BCUT2D eigenvalue weighted by Gasteiger charge is 2.12. The van der Waals surface area contributed by atoms with E-state index in [1.54, 1.807) is 43.1 Å². The molecule has 26 heavy (non-hydrogen) atoms. The van der Waals surface area contributed by atoms with E-state index in [1.807, 2.05) is 18.2 Å². The van der Waals surface area contributed by atoms with Crippen LogP contribution in [-0.4, -0.2) is 37.8 Å². The third-order valence-corrected chi connectivity index (χ3v) is 4.65. The van der Waals surface area contributed by atoms with Gasteiger partial charge in [0.2, 0.25) is 5.91 Å². The van der Waals surface area contributed by atoms with Crippen molar-refractivity contribution in [3.63, 3.8) is 0 Å². The number of anilines is 1. The highest BCUT2D eigenvalue weighted by molar-refractivity contribution is 7.98. The van der Waals surface area contributed by atoms with Gasteiger partial charge in [-0.3, -0.25) is 9.59 Å². The Morgan fingerprint density at radius 1 is 1.04 bits per heavy atom. The van der Waals surface area contributed by atoms with E-state index in [0.717, 1.165) is 11.5 Å². The Morgan fingerprint density at radius 2 is 1.77 bits per heavy atom. The van der Waals surface area contributed by atoms with Crippen molar-refractivity contribution in [3.8, 4) is 0 Å². The fourth-order valence-electron chi connectivity index (χ4n) is 2.29. The average Bonchev–Trinajstić information content (AvgIpc) is 2.66. The quantitative estimate of drug-likeness (QED) is 0.628. The summed E-state index contributed by atoms with van der Waals surface area (Å²) in [6.45, 7) is 0.868. The van der Waals surface area contributed by atoms with Crippen LogP contribution < -0.4 is 10.6 Å². The molecule has 0 atom stereocenters. The summed E-state index contributed by atoms with van der Waals surface area (Å²) in [7, 11) is 1.58. The molecule has 6 heteroatoms. The first kappa shape index (κ1) is 20.0. The molecule has 0 saturated carbocycles. The van der Waals surface area contributed by atoms with Crippen LogP contribution in [0.2, 0.25) is 0 Å². The van der Waals surface area contributed by atoms with Crippen LogP contribution in [0, 0.1) is 0 Å². The Balaban J connectivity index is 1.80. The van der Waals surface area contributed by atoms with E-state index in [1.165, 1.54) is 5.56 Å². The van der Waals surface area contributed by atoms with Crippen LogP contribution in [0.4, 0.5) is 5.69 Å². The molecule has 0 aliphatic heterocycles. The summed E-state index contributed by atoms with van der Waals surface area (Å²) in [6, 6.07) is 17.2. The Bertz CT molecular complexity index is 707. The number of carbonyl (C=O) groups excluding carboxylic acids is 2. The number of carbonyl (C=O) groups is 2. The summed E-state index contributed by atoms with van der Waals surface area (Å²) in [4.78, 5) is 24.4. The standard InChI is InChI=1S/C20H24N2O3S/c1-25-13-12-21-20(24)17-9-5-6-10-18(17)22-19(23)11-14-26-15-16-7-3-2-4-8-16/h2-10H,11-15H2,1H3,(H,21,24)(H,22,23). The van der Waals surface area contributed by atoms with Gasteiger partial charge in [0.1, 0.15) is 0 Å². The molecule has 2 N–H and O–H groups in total. The van der Waals surface area contributed by atoms with Crippen molar-refractivity contribution in [1.29, 1.82) is 0 Å². The monoisotopic (exact) mass is 372 g/mol. The number of hydrogen-bond donors (Lipinski definition) is 2. The SMILES string of the molecule is COCCNC(=O)c1ccccc1NC(=O)CCSCc1ccccc1. The van der Waals surface area contributed by atoms with Gasteiger partial charge in [0.15, 0.2) is 0 Å². The van der Waals surface area contributed by atoms with Gasteiger partial charge >= 0.3 is 0 Å². The molecule has 0 bridgehead atoms. The molecule has 5 nitrogen and oxygen atoms in total. The maximum Gasteiger partial charge on any atom is 0.253 e. The number of methoxy groups -OCH3 is 1. The van der Waals surface area contributed by atoms with Gasteiger partial charge in [0, 0.05) is 31.6 Å². The summed E-state index contributed by atoms with van der Waals surface area (Å²) >= 11 is 1.72. The maximum absolute atomic E-state index is 12.2. The minimum Gasteiger partial charge on any atom is -0.383 e. The van der Waals surface area contributed by atoms with Gasteiger partial charge < -0.3 is 15.4 Å². The lowest BCUT2D eigenvalue weighted by molar-refractivity contribution is -0.115. The highest BCUT2D eigenvalue weighted by Crippen LogP contribution is 2.17. The van der Waals surface area contributed by atoms with Gasteiger partial charge in [-0.15, -0.1) is 0 Å². The number of thioether (sulfide) groups is 1.